The molecule has 10 nitrogen and oxygen atoms in total. The van der Waals surface area contributed by atoms with E-state index in [0.717, 1.165) is 37.0 Å². The van der Waals surface area contributed by atoms with Crippen LogP contribution in [-0.2, 0) is 0 Å². The van der Waals surface area contributed by atoms with E-state index >= 15 is 0 Å². The minimum absolute atomic E-state index is 0. The number of benzene rings is 4. The molecule has 74 heavy (non-hydrogen) atoms. The summed E-state index contributed by atoms with van der Waals surface area (Å²) < 4.78 is 7.38. The van der Waals surface area contributed by atoms with Crippen molar-refractivity contribution in [2.24, 2.45) is 0 Å². The summed E-state index contributed by atoms with van der Waals surface area (Å²) in [5.74, 6) is 0. The molecule has 0 fully saturated rings. The molecular weight excluding hydrogens is 1390 g/mol. The van der Waals surface area contributed by atoms with Crippen LogP contribution in [-0.4, -0.2) is 84.3 Å². The quantitative estimate of drug-likeness (QED) is 0.0332. The van der Waals surface area contributed by atoms with Crippen LogP contribution in [0.25, 0.3) is 0 Å². The zero-order valence-electron chi connectivity index (χ0n) is 46.2. The predicted octanol–water partition coefficient (Wildman–Crippen LogP) is 11.4. The maximum Gasteiger partial charge on any atom is 0.323 e. The summed E-state index contributed by atoms with van der Waals surface area (Å²) in [5, 5.41) is 11.1. The average Bonchev–Trinajstić information content (AvgIpc) is 3.36. The summed E-state index contributed by atoms with van der Waals surface area (Å²) in [7, 11) is 0. The summed E-state index contributed by atoms with van der Waals surface area (Å²) >= 11 is 8.89. The van der Waals surface area contributed by atoms with Gasteiger partial charge in [-0.3, -0.25) is 0 Å². The van der Waals surface area contributed by atoms with E-state index in [1.54, 1.807) is 0 Å². The lowest BCUT2D eigenvalue weighted by molar-refractivity contribution is -0.929. The van der Waals surface area contributed by atoms with Gasteiger partial charge < -0.3 is 50.6 Å². The fourth-order valence-corrected chi connectivity index (χ4v) is 9.45. The molecule has 8 N–H and O–H groups in total. The summed E-state index contributed by atoms with van der Waals surface area (Å²) in [6.45, 7) is 30.0. The van der Waals surface area contributed by atoms with E-state index in [1.165, 1.54) is 164 Å². The summed E-state index contributed by atoms with van der Waals surface area (Å²) in [4.78, 5) is 23.5. The van der Waals surface area contributed by atoms with Crippen molar-refractivity contribution in [1.82, 2.24) is 0 Å². The highest BCUT2D eigenvalue weighted by atomic mass is 127. The van der Waals surface area contributed by atoms with Crippen molar-refractivity contribution in [2.45, 2.75) is 158 Å². The Kier molecular flexibility index (Phi) is 52.4. The number of quaternary nitrogens is 2. The minimum atomic E-state index is -0.239. The van der Waals surface area contributed by atoms with Gasteiger partial charge in [0.1, 0.15) is 0 Å². The topological polar surface area (TPSA) is 145 Å². The number of hydrogen-bond acceptors (Lipinski definition) is 2. The van der Waals surface area contributed by atoms with Crippen LogP contribution in [0, 0.1) is 14.3 Å². The summed E-state index contributed by atoms with van der Waals surface area (Å²) in [5.41, 5.74) is 3.11. The molecule has 0 radical (unpaired) electrons. The van der Waals surface area contributed by atoms with Gasteiger partial charge >= 0.3 is 12.1 Å². The predicted molar refractivity (Wildman–Crippen MR) is 348 cm³/mol. The van der Waals surface area contributed by atoms with Gasteiger partial charge in [0.2, 0.25) is 0 Å². The summed E-state index contributed by atoms with van der Waals surface area (Å²) in [6, 6.07) is 30.0. The van der Waals surface area contributed by atoms with Gasteiger partial charge in [-0.1, -0.05) is 107 Å². The molecule has 0 bridgehead atoms. The molecule has 424 valence electrons. The fraction of sp³-hybridized carbons (Fsp3) is 0.552. The highest BCUT2D eigenvalue weighted by molar-refractivity contribution is 14.1. The second-order valence-corrected chi connectivity index (χ2v) is 23.5. The normalized spacial score (nSPS) is 10.3. The van der Waals surface area contributed by atoms with E-state index in [4.69, 9.17) is 0 Å². The highest BCUT2D eigenvalue weighted by Crippen LogP contribution is 2.19. The Bertz CT molecular complexity index is 1610. The van der Waals surface area contributed by atoms with Crippen molar-refractivity contribution >= 4 is 125 Å². The maximum atomic E-state index is 11.7. The van der Waals surface area contributed by atoms with Gasteiger partial charge in [0.15, 0.2) is 0 Å². The number of rotatable bonds is 28. The van der Waals surface area contributed by atoms with Crippen molar-refractivity contribution in [3.8, 4) is 0 Å². The van der Waals surface area contributed by atoms with Gasteiger partial charge in [0, 0.05) is 37.0 Å². The van der Waals surface area contributed by atoms with Gasteiger partial charge in [0.25, 0.3) is 0 Å². The second-order valence-electron chi connectivity index (χ2n) is 18.5. The second kappa shape index (κ2) is 49.3. The Hall–Kier alpha value is -1.96. The van der Waals surface area contributed by atoms with E-state index in [0.29, 0.717) is 0 Å². The van der Waals surface area contributed by atoms with E-state index < -0.39 is 0 Å². The zero-order valence-corrected chi connectivity index (χ0v) is 54.8. The number of carbonyl (C=O) groups excluding carboxylic acids is 2. The first-order valence-electron chi connectivity index (χ1n) is 26.6. The lowest BCUT2D eigenvalue weighted by Gasteiger charge is -2.39. The van der Waals surface area contributed by atoms with Gasteiger partial charge in [-0.05, 0) is 239 Å². The van der Waals surface area contributed by atoms with E-state index in [-0.39, 0.29) is 32.4 Å². The number of nitrogens with zero attached hydrogens (tertiary/aromatic N) is 2. The number of hydrogen-bond donors (Lipinski definition) is 4. The Labute approximate surface area is 502 Å². The molecular formula is C58H96F2I4N6O4. The third-order valence-electron chi connectivity index (χ3n) is 12.3. The van der Waals surface area contributed by atoms with Crippen LogP contribution in [0.2, 0.25) is 0 Å². The first kappa shape index (κ1) is 78.5. The monoisotopic (exact) mass is 1490 g/mol. The van der Waals surface area contributed by atoms with Gasteiger partial charge in [-0.15, -0.1) is 0 Å². The minimum Gasteiger partial charge on any atom is -1.00 e. The van der Waals surface area contributed by atoms with Crippen LogP contribution >= 0.6 is 90.4 Å². The van der Waals surface area contributed by atoms with Crippen LogP contribution < -0.4 is 30.7 Å². The van der Waals surface area contributed by atoms with Crippen LogP contribution in [0.1, 0.15) is 158 Å². The first-order chi connectivity index (χ1) is 33.7. The third-order valence-corrected chi connectivity index (χ3v) is 15.2. The van der Waals surface area contributed by atoms with Crippen LogP contribution in [0.15, 0.2) is 97.1 Å². The SMILES string of the molecule is CCCC[N+](CCCC)(CCCC)CCCC.CCCC[N+](CCCC)(CCCC)CCCC.O.O.O=C(Nc1ccc(I)cc1)Nc1ccc(I)cc1.O=C(Nc1ccc(I)cc1)Nc1ccc(I)cc1.[F-].[F-]. The molecule has 4 amide bonds. The van der Waals surface area contributed by atoms with Crippen molar-refractivity contribution in [3.63, 3.8) is 0 Å². The van der Waals surface area contributed by atoms with Gasteiger partial charge in [-0.25, -0.2) is 9.59 Å². The van der Waals surface area contributed by atoms with E-state index in [1.807, 2.05) is 97.1 Å². The van der Waals surface area contributed by atoms with Crippen molar-refractivity contribution in [1.29, 1.82) is 0 Å². The molecule has 0 aliphatic heterocycles. The van der Waals surface area contributed by atoms with Crippen LogP contribution in [0.5, 0.6) is 0 Å². The number of amides is 4. The average molecular weight is 1490 g/mol. The molecule has 16 heteroatoms. The molecule has 0 saturated heterocycles. The number of nitrogens with one attached hydrogen (secondary N) is 4. The molecule has 4 aromatic rings. The molecule has 0 aliphatic rings. The molecule has 0 atom stereocenters. The first-order valence-corrected chi connectivity index (χ1v) is 31.0. The Morgan fingerprint density at radius 3 is 0.568 bits per heavy atom. The van der Waals surface area contributed by atoms with Crippen LogP contribution in [0.3, 0.4) is 0 Å². The molecule has 4 rings (SSSR count). The fourth-order valence-electron chi connectivity index (χ4n) is 8.01. The number of halogens is 6. The molecule has 0 saturated carbocycles. The Balaban J connectivity index is -0.000000434. The standard InChI is InChI=1S/2C16H36N.2C13H10I2N2O.2FH.2H2O/c2*1-5-9-13-17(14-10-6-2,15-11-7-3)16-12-8-4;2*14-9-1-5-11(6-2-9)16-13(18)17-12-7-3-10(15)4-8-12;;;;/h2*5-16H2,1-4H3;2*1-8H,(H2,16,17,18);2*1H;2*1H2/q2*+1;;;;;;/p-2. The molecule has 0 unspecified atom stereocenters. The molecule has 0 aromatic heterocycles. The molecule has 0 heterocycles. The Morgan fingerprint density at radius 2 is 0.446 bits per heavy atom. The van der Waals surface area contributed by atoms with E-state index in [9.17, 15) is 9.59 Å². The number of urea groups is 2. The van der Waals surface area contributed by atoms with Crippen molar-refractivity contribution < 1.29 is 38.9 Å². The number of carbonyl (C=O) groups is 2. The lowest BCUT2D eigenvalue weighted by atomic mass is 10.1. The molecule has 4 aromatic carbocycles. The largest absolute Gasteiger partial charge is 1.00 e. The van der Waals surface area contributed by atoms with E-state index in [2.05, 4.69) is 167 Å². The molecule has 0 spiro atoms. The molecule has 0 aliphatic carbocycles. The number of unbranched alkanes of at least 4 members (excludes halogenated alkanes) is 8. The summed E-state index contributed by atoms with van der Waals surface area (Å²) in [6.07, 6.45) is 22.1. The number of anilines is 4. The maximum absolute atomic E-state index is 11.7. The van der Waals surface area contributed by atoms with Gasteiger partial charge in [0.05, 0.1) is 52.4 Å². The zero-order chi connectivity index (χ0) is 51.9. The van der Waals surface area contributed by atoms with Crippen molar-refractivity contribution in [3.05, 3.63) is 111 Å². The van der Waals surface area contributed by atoms with Crippen LogP contribution in [0.4, 0.5) is 32.3 Å². The lowest BCUT2D eigenvalue weighted by Crippen LogP contribution is -3.00. The van der Waals surface area contributed by atoms with Gasteiger partial charge in [-0.2, -0.15) is 0 Å². The van der Waals surface area contributed by atoms with Crippen molar-refractivity contribution in [2.75, 3.05) is 73.6 Å². The Morgan fingerprint density at radius 1 is 0.311 bits per heavy atom. The highest BCUT2D eigenvalue weighted by Gasteiger charge is 2.26. The smallest absolute Gasteiger partial charge is 0.323 e. The third kappa shape index (κ3) is 37.8.